The lowest BCUT2D eigenvalue weighted by Gasteiger charge is -2.44. The Morgan fingerprint density at radius 3 is 2.65 bits per heavy atom. The van der Waals surface area contributed by atoms with E-state index in [0.29, 0.717) is 0 Å². The molecule has 1 aliphatic rings. The van der Waals surface area contributed by atoms with Crippen LogP contribution in [0.5, 0.6) is 0 Å². The van der Waals surface area contributed by atoms with Gasteiger partial charge in [-0.1, -0.05) is 30.7 Å². The predicted molar refractivity (Wildman–Crippen MR) is 85.8 cm³/mol. The van der Waals surface area contributed by atoms with Gasteiger partial charge in [0.1, 0.15) is 0 Å². The highest BCUT2D eigenvalue weighted by atomic mass is 35.5. The van der Waals surface area contributed by atoms with Crippen molar-refractivity contribution < 1.29 is 0 Å². The number of rotatable bonds is 6. The fourth-order valence-corrected chi connectivity index (χ4v) is 3.49. The second-order valence-electron chi connectivity index (χ2n) is 5.96. The van der Waals surface area contributed by atoms with Crippen LogP contribution in [0.25, 0.3) is 0 Å². The highest BCUT2D eigenvalue weighted by molar-refractivity contribution is 6.30. The minimum atomic E-state index is 0.0908. The largest absolute Gasteiger partial charge is 0.296 e. The van der Waals surface area contributed by atoms with Crippen LogP contribution >= 0.6 is 11.6 Å². The monoisotopic (exact) mass is 295 g/mol. The Kier molecular flexibility index (Phi) is 5.44. The quantitative estimate of drug-likeness (QED) is 0.626. The number of halogens is 1. The molecule has 1 aromatic rings. The van der Waals surface area contributed by atoms with Crippen LogP contribution in [0, 0.1) is 0 Å². The van der Waals surface area contributed by atoms with E-state index in [-0.39, 0.29) is 11.6 Å². The van der Waals surface area contributed by atoms with Crippen molar-refractivity contribution in [2.24, 2.45) is 5.84 Å². The maximum atomic E-state index is 6.08. The molecule has 2 rings (SSSR count). The number of nitrogens with two attached hydrogens (primary N) is 1. The van der Waals surface area contributed by atoms with Crippen LogP contribution in [0.2, 0.25) is 5.02 Å². The summed E-state index contributed by atoms with van der Waals surface area (Å²) in [7, 11) is 0. The van der Waals surface area contributed by atoms with E-state index < -0.39 is 0 Å². The summed E-state index contributed by atoms with van der Waals surface area (Å²) in [5, 5.41) is 0.789. The first-order valence-corrected chi connectivity index (χ1v) is 7.93. The molecule has 0 spiro atoms. The molecule has 0 saturated carbocycles. The minimum absolute atomic E-state index is 0.0908. The van der Waals surface area contributed by atoms with E-state index in [1.54, 1.807) is 0 Å². The van der Waals surface area contributed by atoms with E-state index >= 15 is 0 Å². The molecule has 1 saturated heterocycles. The molecule has 3 N–H and O–H groups in total. The van der Waals surface area contributed by atoms with Gasteiger partial charge in [0, 0.05) is 16.6 Å². The van der Waals surface area contributed by atoms with Crippen molar-refractivity contribution in [3.63, 3.8) is 0 Å². The average molecular weight is 296 g/mol. The molecule has 0 bridgehead atoms. The van der Waals surface area contributed by atoms with Gasteiger partial charge in [-0.05, 0) is 63.4 Å². The molecule has 2 unspecified atom stereocenters. The number of hydrogen-bond acceptors (Lipinski definition) is 3. The Balaban J connectivity index is 2.16. The number of nitrogens with zero attached hydrogens (tertiary/aromatic N) is 1. The predicted octanol–water partition coefficient (Wildman–Crippen LogP) is 2.98. The van der Waals surface area contributed by atoms with Gasteiger partial charge >= 0.3 is 0 Å². The van der Waals surface area contributed by atoms with E-state index in [4.69, 9.17) is 17.4 Å². The Morgan fingerprint density at radius 2 is 2.10 bits per heavy atom. The van der Waals surface area contributed by atoms with Crippen LogP contribution in [0.3, 0.4) is 0 Å². The van der Waals surface area contributed by atoms with E-state index in [1.807, 2.05) is 18.2 Å². The third kappa shape index (κ3) is 3.34. The highest BCUT2D eigenvalue weighted by Crippen LogP contribution is 2.29. The fourth-order valence-electron chi connectivity index (χ4n) is 3.28. The van der Waals surface area contributed by atoms with Gasteiger partial charge in [0.2, 0.25) is 0 Å². The Morgan fingerprint density at radius 1 is 1.40 bits per heavy atom. The first-order chi connectivity index (χ1) is 9.60. The van der Waals surface area contributed by atoms with Gasteiger partial charge in [0.15, 0.2) is 0 Å². The van der Waals surface area contributed by atoms with Crippen LogP contribution in [-0.2, 0) is 6.42 Å². The first kappa shape index (κ1) is 15.8. The van der Waals surface area contributed by atoms with Crippen molar-refractivity contribution in [3.05, 3.63) is 34.9 Å². The molecule has 0 amide bonds. The molecule has 1 aromatic carbocycles. The van der Waals surface area contributed by atoms with Crippen LogP contribution in [0.15, 0.2) is 24.3 Å². The lowest BCUT2D eigenvalue weighted by molar-refractivity contribution is 0.0841. The third-order valence-electron chi connectivity index (χ3n) is 4.83. The number of benzene rings is 1. The van der Waals surface area contributed by atoms with Gasteiger partial charge in [-0.2, -0.15) is 0 Å². The van der Waals surface area contributed by atoms with E-state index in [2.05, 4.69) is 30.2 Å². The van der Waals surface area contributed by atoms with E-state index in [9.17, 15) is 0 Å². The van der Waals surface area contributed by atoms with E-state index in [1.165, 1.54) is 31.5 Å². The summed E-state index contributed by atoms with van der Waals surface area (Å²) in [6, 6.07) is 8.30. The number of hydrogen-bond donors (Lipinski definition) is 2. The number of hydrazine groups is 1. The zero-order valence-electron chi connectivity index (χ0n) is 12.5. The molecule has 1 aliphatic heterocycles. The maximum absolute atomic E-state index is 6.08. The maximum Gasteiger partial charge on any atom is 0.0432 e. The van der Waals surface area contributed by atoms with Crippen molar-refractivity contribution in [2.75, 3.05) is 13.1 Å². The van der Waals surface area contributed by atoms with Crippen LogP contribution < -0.4 is 11.3 Å². The SMILES string of the molecule is CCC(C)(C(Cc1cccc(Cl)c1)NN)N1CCCC1. The Labute approximate surface area is 127 Å². The molecular weight excluding hydrogens is 270 g/mol. The number of likely N-dealkylation sites (tertiary alicyclic amines) is 1. The van der Waals surface area contributed by atoms with E-state index in [0.717, 1.165) is 17.9 Å². The summed E-state index contributed by atoms with van der Waals surface area (Å²) in [5.74, 6) is 5.88. The van der Waals surface area contributed by atoms with Gasteiger partial charge in [-0.25, -0.2) is 0 Å². The molecule has 3 nitrogen and oxygen atoms in total. The molecule has 0 aliphatic carbocycles. The first-order valence-electron chi connectivity index (χ1n) is 7.55. The molecule has 0 radical (unpaired) electrons. The molecule has 4 heteroatoms. The molecule has 1 heterocycles. The summed E-state index contributed by atoms with van der Waals surface area (Å²) in [6.07, 6.45) is 4.58. The summed E-state index contributed by atoms with van der Waals surface area (Å²) in [6.45, 7) is 6.93. The summed E-state index contributed by atoms with van der Waals surface area (Å²) < 4.78 is 0. The second-order valence-corrected chi connectivity index (χ2v) is 6.39. The third-order valence-corrected chi connectivity index (χ3v) is 5.06. The summed E-state index contributed by atoms with van der Waals surface area (Å²) in [4.78, 5) is 2.59. The van der Waals surface area contributed by atoms with Crippen molar-refractivity contribution in [1.82, 2.24) is 10.3 Å². The van der Waals surface area contributed by atoms with Gasteiger partial charge in [-0.15, -0.1) is 0 Å². The highest BCUT2D eigenvalue weighted by Gasteiger charge is 2.38. The fraction of sp³-hybridized carbons (Fsp3) is 0.625. The standard InChI is InChI=1S/C16H26ClN3/c1-3-16(2,20-9-4-5-10-20)15(19-18)12-13-7-6-8-14(17)11-13/h6-8,11,15,19H,3-5,9-10,12,18H2,1-2H3. The lowest BCUT2D eigenvalue weighted by Crippen LogP contribution is -2.61. The topological polar surface area (TPSA) is 41.3 Å². The van der Waals surface area contributed by atoms with Gasteiger partial charge < -0.3 is 0 Å². The Bertz CT molecular complexity index is 431. The minimum Gasteiger partial charge on any atom is -0.296 e. The Hall–Kier alpha value is -0.610. The summed E-state index contributed by atoms with van der Waals surface area (Å²) >= 11 is 6.08. The van der Waals surface area contributed by atoms with Crippen LogP contribution in [0.1, 0.15) is 38.7 Å². The second kappa shape index (κ2) is 6.90. The van der Waals surface area contributed by atoms with Crippen molar-refractivity contribution in [3.8, 4) is 0 Å². The molecule has 0 aromatic heterocycles. The van der Waals surface area contributed by atoms with Crippen molar-refractivity contribution in [2.45, 2.75) is 51.1 Å². The average Bonchev–Trinajstić information content (AvgIpc) is 2.98. The molecular formula is C16H26ClN3. The van der Waals surface area contributed by atoms with Crippen molar-refractivity contribution in [1.29, 1.82) is 0 Å². The van der Waals surface area contributed by atoms with Crippen LogP contribution in [0.4, 0.5) is 0 Å². The lowest BCUT2D eigenvalue weighted by atomic mass is 9.84. The van der Waals surface area contributed by atoms with Gasteiger partial charge in [0.05, 0.1) is 0 Å². The molecule has 1 fully saturated rings. The zero-order chi connectivity index (χ0) is 14.6. The number of nitrogens with one attached hydrogen (secondary N) is 1. The summed E-state index contributed by atoms with van der Waals surface area (Å²) in [5.41, 5.74) is 4.38. The van der Waals surface area contributed by atoms with Gasteiger partial charge in [-0.3, -0.25) is 16.2 Å². The molecule has 112 valence electrons. The normalized spacial score (nSPS) is 20.8. The zero-order valence-corrected chi connectivity index (χ0v) is 13.3. The van der Waals surface area contributed by atoms with Crippen molar-refractivity contribution >= 4 is 11.6 Å². The molecule has 2 atom stereocenters. The van der Waals surface area contributed by atoms with Crippen LogP contribution in [-0.4, -0.2) is 29.6 Å². The smallest absolute Gasteiger partial charge is 0.0432 e. The van der Waals surface area contributed by atoms with Gasteiger partial charge in [0.25, 0.3) is 0 Å². The molecule has 20 heavy (non-hydrogen) atoms.